The molecule has 0 aliphatic rings. The molecule has 0 spiro atoms. The first-order valence-electron chi connectivity index (χ1n) is 9.37. The number of nitrogens with zero attached hydrogens (tertiary/aromatic N) is 4. The molecule has 0 bridgehead atoms. The van der Waals surface area contributed by atoms with E-state index in [2.05, 4.69) is 10.6 Å². The Labute approximate surface area is 169 Å². The molecule has 0 aliphatic heterocycles. The van der Waals surface area contributed by atoms with Crippen molar-refractivity contribution >= 4 is 23.2 Å². The molecule has 2 heterocycles. The maximum absolute atomic E-state index is 12.6. The molecule has 0 radical (unpaired) electrons. The van der Waals surface area contributed by atoms with Crippen molar-refractivity contribution in [3.63, 3.8) is 0 Å². The van der Waals surface area contributed by atoms with Gasteiger partial charge in [-0.2, -0.15) is 0 Å². The molecule has 158 valence electrons. The Morgan fingerprint density at radius 3 is 2.41 bits per heavy atom. The van der Waals surface area contributed by atoms with Gasteiger partial charge in [-0.05, 0) is 47.0 Å². The minimum Gasteiger partial charge on any atom is -0.351 e. The number of aromatic nitrogens is 2. The first kappa shape index (κ1) is 22.2. The van der Waals surface area contributed by atoms with Crippen LogP contribution in [0, 0.1) is 10.1 Å². The van der Waals surface area contributed by atoms with Crippen molar-refractivity contribution in [2.75, 3.05) is 32.5 Å². The third-order valence-corrected chi connectivity index (χ3v) is 4.40. The second-order valence-electron chi connectivity index (χ2n) is 7.43. The molecule has 0 aliphatic carbocycles. The Bertz CT molecular complexity index is 897. The zero-order chi connectivity index (χ0) is 21.7. The van der Waals surface area contributed by atoms with Crippen LogP contribution >= 0.6 is 0 Å². The predicted octanol–water partition coefficient (Wildman–Crippen LogP) is 2.25. The summed E-state index contributed by atoms with van der Waals surface area (Å²) >= 11 is 0. The molecule has 2 aromatic rings. The van der Waals surface area contributed by atoms with Gasteiger partial charge >= 0.3 is 0 Å². The number of nitrogens with one attached hydrogen (secondary N) is 2. The van der Waals surface area contributed by atoms with Gasteiger partial charge in [-0.3, -0.25) is 19.7 Å². The van der Waals surface area contributed by atoms with E-state index in [0.29, 0.717) is 17.9 Å². The second kappa shape index (κ2) is 9.37. The molecule has 0 atom stereocenters. The van der Waals surface area contributed by atoms with E-state index < -0.39 is 10.8 Å². The smallest absolute Gasteiger partial charge is 0.287 e. The number of amides is 2. The average molecular weight is 404 g/mol. The first-order valence-corrected chi connectivity index (χ1v) is 9.37. The van der Waals surface area contributed by atoms with E-state index in [0.717, 1.165) is 13.0 Å². The molecule has 0 fully saturated rings. The van der Waals surface area contributed by atoms with Crippen LogP contribution in [0.3, 0.4) is 0 Å². The molecule has 0 unspecified atom stereocenters. The van der Waals surface area contributed by atoms with Crippen LogP contribution in [0.4, 0.5) is 11.4 Å². The second-order valence-corrected chi connectivity index (χ2v) is 7.43. The summed E-state index contributed by atoms with van der Waals surface area (Å²) < 4.78 is 3.18. The van der Waals surface area contributed by atoms with E-state index in [9.17, 15) is 19.7 Å². The van der Waals surface area contributed by atoms with Crippen molar-refractivity contribution in [1.29, 1.82) is 0 Å². The lowest BCUT2D eigenvalue weighted by Gasteiger charge is -2.13. The summed E-state index contributed by atoms with van der Waals surface area (Å²) in [4.78, 5) is 37.5. The molecule has 10 heteroatoms. The molecule has 2 amide bonds. The summed E-state index contributed by atoms with van der Waals surface area (Å²) in [5.41, 5.74) is 0.892. The number of carbonyl (C=O) groups excluding carboxylic acids is 2. The van der Waals surface area contributed by atoms with Crippen LogP contribution in [0.25, 0.3) is 0 Å². The number of nitro groups is 1. The van der Waals surface area contributed by atoms with Gasteiger partial charge in [0.05, 0.1) is 16.8 Å². The van der Waals surface area contributed by atoms with Gasteiger partial charge in [0.15, 0.2) is 0 Å². The first-order chi connectivity index (χ1) is 13.6. The maximum Gasteiger partial charge on any atom is 0.287 e. The van der Waals surface area contributed by atoms with Gasteiger partial charge in [0.1, 0.15) is 11.4 Å². The molecular weight excluding hydrogens is 376 g/mol. The maximum atomic E-state index is 12.6. The molecule has 2 rings (SSSR count). The third-order valence-electron chi connectivity index (χ3n) is 4.40. The van der Waals surface area contributed by atoms with E-state index in [1.54, 1.807) is 23.9 Å². The van der Waals surface area contributed by atoms with Crippen molar-refractivity contribution < 1.29 is 14.5 Å². The van der Waals surface area contributed by atoms with E-state index in [1.165, 1.54) is 16.8 Å². The highest BCUT2D eigenvalue weighted by atomic mass is 16.6. The number of hydrogen-bond donors (Lipinski definition) is 2. The molecule has 2 N–H and O–H groups in total. The molecule has 10 nitrogen and oxygen atoms in total. The van der Waals surface area contributed by atoms with Crippen molar-refractivity contribution in [2.24, 2.45) is 7.05 Å². The van der Waals surface area contributed by atoms with Crippen molar-refractivity contribution in [3.8, 4) is 0 Å². The lowest BCUT2D eigenvalue weighted by molar-refractivity contribution is -0.384. The van der Waals surface area contributed by atoms with Gasteiger partial charge in [-0.25, -0.2) is 0 Å². The normalized spacial score (nSPS) is 11.1. The lowest BCUT2D eigenvalue weighted by atomic mass is 10.3. The van der Waals surface area contributed by atoms with Crippen LogP contribution in [0.2, 0.25) is 0 Å². The Morgan fingerprint density at radius 1 is 1.17 bits per heavy atom. The van der Waals surface area contributed by atoms with Crippen molar-refractivity contribution in [2.45, 2.75) is 26.3 Å². The van der Waals surface area contributed by atoms with Gasteiger partial charge in [0, 0.05) is 31.9 Å². The highest BCUT2D eigenvalue weighted by Gasteiger charge is 2.20. The van der Waals surface area contributed by atoms with E-state index >= 15 is 0 Å². The monoisotopic (exact) mass is 404 g/mol. The Kier molecular flexibility index (Phi) is 7.16. The Morgan fingerprint density at radius 2 is 1.86 bits per heavy atom. The summed E-state index contributed by atoms with van der Waals surface area (Å²) in [6.45, 7) is 5.30. The minimum absolute atomic E-state index is 0.0132. The van der Waals surface area contributed by atoms with Crippen LogP contribution in [-0.4, -0.2) is 58.0 Å². The lowest BCUT2D eigenvalue weighted by Crippen LogP contribution is -2.29. The molecule has 0 aromatic carbocycles. The number of anilines is 1. The fourth-order valence-corrected chi connectivity index (χ4v) is 2.91. The predicted molar refractivity (Wildman–Crippen MR) is 110 cm³/mol. The van der Waals surface area contributed by atoms with Crippen LogP contribution < -0.4 is 10.6 Å². The molecule has 2 aromatic heterocycles. The molecule has 29 heavy (non-hydrogen) atoms. The Balaban J connectivity index is 2.14. The summed E-state index contributed by atoms with van der Waals surface area (Å²) in [6, 6.07) is 2.84. The number of hydrogen-bond acceptors (Lipinski definition) is 5. The van der Waals surface area contributed by atoms with Crippen LogP contribution in [-0.2, 0) is 7.05 Å². The summed E-state index contributed by atoms with van der Waals surface area (Å²) in [6.07, 6.45) is 3.80. The van der Waals surface area contributed by atoms with Crippen LogP contribution in [0.5, 0.6) is 0 Å². The van der Waals surface area contributed by atoms with Gasteiger partial charge in [0.25, 0.3) is 17.5 Å². The zero-order valence-corrected chi connectivity index (χ0v) is 17.4. The largest absolute Gasteiger partial charge is 0.351 e. The fourth-order valence-electron chi connectivity index (χ4n) is 2.91. The van der Waals surface area contributed by atoms with Gasteiger partial charge in [-0.1, -0.05) is 0 Å². The summed E-state index contributed by atoms with van der Waals surface area (Å²) in [5.74, 6) is -0.702. The molecule has 0 saturated heterocycles. The van der Waals surface area contributed by atoms with E-state index in [-0.39, 0.29) is 23.3 Å². The summed E-state index contributed by atoms with van der Waals surface area (Å²) in [5, 5.41) is 16.5. The zero-order valence-electron chi connectivity index (χ0n) is 17.4. The topological polar surface area (TPSA) is 114 Å². The van der Waals surface area contributed by atoms with Crippen molar-refractivity contribution in [1.82, 2.24) is 19.4 Å². The van der Waals surface area contributed by atoms with E-state index in [4.69, 9.17) is 0 Å². The highest BCUT2D eigenvalue weighted by Crippen LogP contribution is 2.21. The van der Waals surface area contributed by atoms with Crippen LogP contribution in [0.1, 0.15) is 47.3 Å². The number of carbonyl (C=O) groups is 2. The fraction of sp³-hybridized carbons (Fsp3) is 0.474. The minimum atomic E-state index is -0.551. The number of rotatable bonds is 9. The van der Waals surface area contributed by atoms with Gasteiger partial charge in [0.2, 0.25) is 0 Å². The summed E-state index contributed by atoms with van der Waals surface area (Å²) in [7, 11) is 5.51. The number of aryl methyl sites for hydroxylation is 1. The van der Waals surface area contributed by atoms with E-state index in [1.807, 2.05) is 32.8 Å². The third kappa shape index (κ3) is 5.67. The van der Waals surface area contributed by atoms with Crippen molar-refractivity contribution in [3.05, 3.63) is 46.0 Å². The van der Waals surface area contributed by atoms with Crippen LogP contribution in [0.15, 0.2) is 24.5 Å². The quantitative estimate of drug-likeness (QED) is 0.378. The van der Waals surface area contributed by atoms with Gasteiger partial charge in [-0.15, -0.1) is 0 Å². The molecule has 0 saturated carbocycles. The standard InChI is InChI=1S/C19H28N6O4/c1-13(2)24-11-14(9-17(24)18(26)20-7-6-8-22(3)4)21-19(27)16-10-15(25(28)29)12-23(16)5/h9-13H,6-8H2,1-5H3,(H,20,26)(H,21,27). The highest BCUT2D eigenvalue weighted by molar-refractivity contribution is 6.04. The Hall–Kier alpha value is -3.14. The molecular formula is C19H28N6O4. The van der Waals surface area contributed by atoms with Gasteiger partial charge < -0.3 is 24.7 Å². The average Bonchev–Trinajstić information content (AvgIpc) is 3.22. The SMILES string of the molecule is CC(C)n1cc(NC(=O)c2cc([N+](=O)[O-])cn2C)cc1C(=O)NCCCN(C)C.